The van der Waals surface area contributed by atoms with Crippen molar-refractivity contribution in [2.75, 3.05) is 26.8 Å². The molecule has 0 saturated heterocycles. The van der Waals surface area contributed by atoms with Gasteiger partial charge in [0.15, 0.2) is 0 Å². The number of hydrogen-bond donors (Lipinski definition) is 2. The third kappa shape index (κ3) is 4.78. The summed E-state index contributed by atoms with van der Waals surface area (Å²) in [5.74, 6) is 0.0144. The van der Waals surface area contributed by atoms with Crippen LogP contribution in [0.5, 0.6) is 0 Å². The van der Waals surface area contributed by atoms with Gasteiger partial charge in [-0.2, -0.15) is 0 Å². The monoisotopic (exact) mass is 338 g/mol. The van der Waals surface area contributed by atoms with Crippen LogP contribution in [0.4, 0.5) is 0 Å². The summed E-state index contributed by atoms with van der Waals surface area (Å²) in [5, 5.41) is 7.77. The predicted octanol–water partition coefficient (Wildman–Crippen LogP) is 2.22. The van der Waals surface area contributed by atoms with Gasteiger partial charge in [0.05, 0.1) is 12.0 Å². The number of nitrogens with one attached hydrogen (secondary N) is 2. The summed E-state index contributed by atoms with van der Waals surface area (Å²) >= 11 is 1.66. The minimum Gasteiger partial charge on any atom is -0.383 e. The van der Waals surface area contributed by atoms with Gasteiger partial charge in [0.2, 0.25) is 11.8 Å². The second kappa shape index (κ2) is 9.03. The Kier molecular flexibility index (Phi) is 7.05. The van der Waals surface area contributed by atoms with Crippen LogP contribution in [0.25, 0.3) is 0 Å². The molecule has 23 heavy (non-hydrogen) atoms. The Balaban J connectivity index is 1.86. The third-order valence-corrected chi connectivity index (χ3v) is 5.47. The molecule has 0 aromatic carbocycles. The van der Waals surface area contributed by atoms with Crippen molar-refractivity contribution in [2.24, 2.45) is 0 Å². The van der Waals surface area contributed by atoms with Crippen molar-refractivity contribution in [3.63, 3.8) is 0 Å². The van der Waals surface area contributed by atoms with E-state index in [0.717, 1.165) is 30.6 Å². The summed E-state index contributed by atoms with van der Waals surface area (Å²) in [6.45, 7) is 1.38. The van der Waals surface area contributed by atoms with Crippen molar-refractivity contribution in [2.45, 2.75) is 43.9 Å². The molecule has 1 heterocycles. The second-order valence-corrected chi connectivity index (χ2v) is 6.92. The molecule has 1 aromatic heterocycles. The standard InChI is InChI=1S/C17H26N2O3S/c1-22-12-11-18-15(20)7-10-19-16(21)17(8-3-2-4-9-17)14-6-5-13-23-14/h5-6,13H,2-4,7-12H2,1H3,(H,18,20)(H,19,21). The lowest BCUT2D eigenvalue weighted by Crippen LogP contribution is -2.46. The van der Waals surface area contributed by atoms with Crippen molar-refractivity contribution >= 4 is 23.2 Å². The molecule has 0 radical (unpaired) electrons. The van der Waals surface area contributed by atoms with Crippen molar-refractivity contribution in [3.8, 4) is 0 Å². The molecule has 2 rings (SSSR count). The second-order valence-electron chi connectivity index (χ2n) is 5.97. The molecule has 1 aliphatic rings. The van der Waals surface area contributed by atoms with Gasteiger partial charge in [0, 0.05) is 31.5 Å². The van der Waals surface area contributed by atoms with E-state index in [1.165, 1.54) is 6.42 Å². The van der Waals surface area contributed by atoms with E-state index >= 15 is 0 Å². The first kappa shape index (κ1) is 17.9. The smallest absolute Gasteiger partial charge is 0.231 e. The Bertz CT molecular complexity index is 496. The van der Waals surface area contributed by atoms with Crippen LogP contribution in [0.15, 0.2) is 17.5 Å². The summed E-state index contributed by atoms with van der Waals surface area (Å²) in [7, 11) is 1.60. The maximum Gasteiger partial charge on any atom is 0.231 e. The van der Waals surface area contributed by atoms with Gasteiger partial charge in [0.25, 0.3) is 0 Å². The van der Waals surface area contributed by atoms with Gasteiger partial charge in [-0.3, -0.25) is 9.59 Å². The summed E-state index contributed by atoms with van der Waals surface area (Å²) < 4.78 is 4.89. The van der Waals surface area contributed by atoms with E-state index in [9.17, 15) is 9.59 Å². The highest BCUT2D eigenvalue weighted by Gasteiger charge is 2.41. The first-order valence-electron chi connectivity index (χ1n) is 8.27. The molecule has 1 saturated carbocycles. The molecular formula is C17H26N2O3S. The minimum atomic E-state index is -0.390. The largest absolute Gasteiger partial charge is 0.383 e. The van der Waals surface area contributed by atoms with Crippen LogP contribution >= 0.6 is 11.3 Å². The first-order chi connectivity index (χ1) is 11.2. The minimum absolute atomic E-state index is 0.0591. The van der Waals surface area contributed by atoms with Gasteiger partial charge in [-0.05, 0) is 24.3 Å². The summed E-state index contributed by atoms with van der Waals surface area (Å²) in [6, 6.07) is 4.07. The normalized spacial score (nSPS) is 16.7. The highest BCUT2D eigenvalue weighted by atomic mass is 32.1. The molecule has 2 amide bonds. The highest BCUT2D eigenvalue weighted by Crippen LogP contribution is 2.41. The van der Waals surface area contributed by atoms with Crippen LogP contribution in [0.3, 0.4) is 0 Å². The Morgan fingerprint density at radius 1 is 1.22 bits per heavy atom. The Morgan fingerprint density at radius 3 is 2.65 bits per heavy atom. The fourth-order valence-electron chi connectivity index (χ4n) is 3.13. The quantitative estimate of drug-likeness (QED) is 0.714. The molecule has 6 heteroatoms. The SMILES string of the molecule is COCCNC(=O)CCNC(=O)C1(c2cccs2)CCCCC1. The molecule has 5 nitrogen and oxygen atoms in total. The Morgan fingerprint density at radius 2 is 2.00 bits per heavy atom. The van der Waals surface area contributed by atoms with E-state index < -0.39 is 0 Å². The zero-order chi connectivity index (χ0) is 16.5. The van der Waals surface area contributed by atoms with Crippen molar-refractivity contribution in [1.29, 1.82) is 0 Å². The Labute approximate surface area is 141 Å². The summed E-state index contributed by atoms with van der Waals surface area (Å²) in [4.78, 5) is 25.6. The molecule has 128 valence electrons. The van der Waals surface area contributed by atoms with Crippen LogP contribution in [0, 0.1) is 0 Å². The summed E-state index contributed by atoms with van der Waals surface area (Å²) in [6.07, 6.45) is 5.47. The van der Waals surface area contributed by atoms with Gasteiger partial charge in [-0.25, -0.2) is 0 Å². The average molecular weight is 338 g/mol. The molecule has 1 aliphatic carbocycles. The van der Waals surface area contributed by atoms with Gasteiger partial charge >= 0.3 is 0 Å². The molecule has 0 aliphatic heterocycles. The molecule has 2 N–H and O–H groups in total. The zero-order valence-corrected chi connectivity index (χ0v) is 14.5. The molecule has 1 aromatic rings. The van der Waals surface area contributed by atoms with Crippen LogP contribution in [-0.4, -0.2) is 38.6 Å². The lowest BCUT2D eigenvalue weighted by atomic mass is 9.72. The molecule has 1 fully saturated rings. The van der Waals surface area contributed by atoms with E-state index in [1.54, 1.807) is 18.4 Å². The maximum absolute atomic E-state index is 12.8. The lowest BCUT2D eigenvalue weighted by Gasteiger charge is -2.35. The number of carbonyl (C=O) groups is 2. The molecule has 0 unspecified atom stereocenters. The fraction of sp³-hybridized carbons (Fsp3) is 0.647. The predicted molar refractivity (Wildman–Crippen MR) is 91.6 cm³/mol. The van der Waals surface area contributed by atoms with Crippen molar-refractivity contribution in [1.82, 2.24) is 10.6 Å². The van der Waals surface area contributed by atoms with Gasteiger partial charge in [0.1, 0.15) is 0 Å². The van der Waals surface area contributed by atoms with Crippen LogP contribution in [-0.2, 0) is 19.7 Å². The summed E-state index contributed by atoms with van der Waals surface area (Å²) in [5.41, 5.74) is -0.390. The van der Waals surface area contributed by atoms with Gasteiger partial charge in [-0.15, -0.1) is 11.3 Å². The van der Waals surface area contributed by atoms with Crippen molar-refractivity contribution < 1.29 is 14.3 Å². The van der Waals surface area contributed by atoms with E-state index in [2.05, 4.69) is 16.7 Å². The highest BCUT2D eigenvalue weighted by molar-refractivity contribution is 7.10. The number of hydrogen-bond acceptors (Lipinski definition) is 4. The molecule has 0 spiro atoms. The number of methoxy groups -OCH3 is 1. The number of ether oxygens (including phenoxy) is 1. The average Bonchev–Trinajstić information content (AvgIpc) is 3.10. The van der Waals surface area contributed by atoms with Gasteiger partial charge in [-0.1, -0.05) is 25.3 Å². The van der Waals surface area contributed by atoms with E-state index in [1.807, 2.05) is 11.4 Å². The molecular weight excluding hydrogens is 312 g/mol. The molecule has 0 atom stereocenters. The Hall–Kier alpha value is -1.40. The van der Waals surface area contributed by atoms with Crippen LogP contribution < -0.4 is 10.6 Å². The van der Waals surface area contributed by atoms with E-state index in [-0.39, 0.29) is 17.2 Å². The third-order valence-electron chi connectivity index (χ3n) is 4.40. The number of carbonyl (C=O) groups excluding carboxylic acids is 2. The van der Waals surface area contributed by atoms with E-state index in [0.29, 0.717) is 26.1 Å². The first-order valence-corrected chi connectivity index (χ1v) is 9.15. The zero-order valence-electron chi connectivity index (χ0n) is 13.7. The fourth-order valence-corrected chi connectivity index (χ4v) is 4.11. The van der Waals surface area contributed by atoms with Crippen LogP contribution in [0.1, 0.15) is 43.4 Å². The number of rotatable bonds is 8. The maximum atomic E-state index is 12.8. The number of amides is 2. The topological polar surface area (TPSA) is 67.4 Å². The number of thiophene rings is 1. The van der Waals surface area contributed by atoms with Gasteiger partial charge < -0.3 is 15.4 Å². The van der Waals surface area contributed by atoms with E-state index in [4.69, 9.17) is 4.74 Å². The van der Waals surface area contributed by atoms with Crippen LogP contribution in [0.2, 0.25) is 0 Å². The molecule has 0 bridgehead atoms. The lowest BCUT2D eigenvalue weighted by molar-refractivity contribution is -0.128. The van der Waals surface area contributed by atoms with Crippen molar-refractivity contribution in [3.05, 3.63) is 22.4 Å².